The molecular formula is C10H24N2O5S2. The van der Waals surface area contributed by atoms with Gasteiger partial charge in [-0.05, 0) is 31.1 Å². The number of carboxylic acid groups (broad SMARTS) is 2. The number of hydrogen-bond acceptors (Lipinski definition) is 7. The Morgan fingerprint density at radius 3 is 1.68 bits per heavy atom. The van der Waals surface area contributed by atoms with Gasteiger partial charge in [0.15, 0.2) is 0 Å². The molecule has 0 aromatic carbocycles. The molecule has 9 heteroatoms. The van der Waals surface area contributed by atoms with Crippen LogP contribution in [0.25, 0.3) is 0 Å². The highest BCUT2D eigenvalue weighted by Gasteiger charge is 2.09. The molecule has 0 aromatic heterocycles. The topological polar surface area (TPSA) is 147 Å². The summed E-state index contributed by atoms with van der Waals surface area (Å²) in [7, 11) is 0. The van der Waals surface area contributed by atoms with Crippen molar-refractivity contribution in [3.05, 3.63) is 0 Å². The van der Waals surface area contributed by atoms with E-state index in [1.807, 2.05) is 6.26 Å². The molecule has 0 spiro atoms. The molecule has 116 valence electrons. The lowest BCUT2D eigenvalue weighted by atomic mass is 10.2. The third kappa shape index (κ3) is 20.0. The van der Waals surface area contributed by atoms with Gasteiger partial charge in [0, 0.05) is 6.61 Å². The average Bonchev–Trinajstić information content (AvgIpc) is 2.39. The summed E-state index contributed by atoms with van der Waals surface area (Å²) in [5, 5.41) is 24.5. The monoisotopic (exact) mass is 316 g/mol. The summed E-state index contributed by atoms with van der Waals surface area (Å²) in [5.74, 6) is -1.17. The maximum absolute atomic E-state index is 10.1. The Morgan fingerprint density at radius 2 is 1.47 bits per heavy atom. The van der Waals surface area contributed by atoms with Crippen LogP contribution in [0.4, 0.5) is 0 Å². The lowest BCUT2D eigenvalue weighted by Gasteiger charge is -2.02. The van der Waals surface area contributed by atoms with Crippen LogP contribution >= 0.6 is 24.4 Å². The fourth-order valence-corrected chi connectivity index (χ4v) is 1.12. The molecule has 0 radical (unpaired) electrons. The van der Waals surface area contributed by atoms with Crippen LogP contribution in [0.5, 0.6) is 0 Å². The largest absolute Gasteiger partial charge is 0.480 e. The van der Waals surface area contributed by atoms with E-state index < -0.39 is 24.0 Å². The molecule has 0 fully saturated rings. The van der Waals surface area contributed by atoms with Gasteiger partial charge in [0.25, 0.3) is 0 Å². The minimum atomic E-state index is -1.07. The molecule has 0 aromatic rings. The molecule has 0 aliphatic carbocycles. The highest BCUT2D eigenvalue weighted by molar-refractivity contribution is 7.98. The van der Waals surface area contributed by atoms with Crippen molar-refractivity contribution in [3.63, 3.8) is 0 Å². The third-order valence-electron chi connectivity index (χ3n) is 1.71. The van der Waals surface area contributed by atoms with Crippen LogP contribution in [-0.2, 0) is 9.59 Å². The Hall–Kier alpha value is -0.480. The molecule has 2 unspecified atom stereocenters. The zero-order valence-corrected chi connectivity index (χ0v) is 12.9. The Kier molecular flexibility index (Phi) is 21.8. The Balaban J connectivity index is -0.000000239. The highest BCUT2D eigenvalue weighted by Crippen LogP contribution is 1.97. The fraction of sp³-hybridized carbons (Fsp3) is 0.800. The first-order valence-electron chi connectivity index (χ1n) is 5.38. The first-order chi connectivity index (χ1) is 8.86. The molecule has 0 aliphatic heterocycles. The van der Waals surface area contributed by atoms with Gasteiger partial charge in [0.2, 0.25) is 0 Å². The maximum atomic E-state index is 10.1. The summed E-state index contributed by atoms with van der Waals surface area (Å²) in [6.07, 6.45) is 4.29. The van der Waals surface area contributed by atoms with Crippen molar-refractivity contribution in [2.75, 3.05) is 24.9 Å². The van der Waals surface area contributed by atoms with Gasteiger partial charge in [0.05, 0.1) is 0 Å². The third-order valence-corrected chi connectivity index (χ3v) is 2.35. The molecule has 2 atom stereocenters. The predicted octanol–water partition coefficient (Wildman–Crippen LogP) is -0.522. The molecule has 19 heavy (non-hydrogen) atoms. The molecule has 0 rings (SSSR count). The smallest absolute Gasteiger partial charge is 0.320 e. The molecule has 0 saturated carbocycles. The van der Waals surface area contributed by atoms with Gasteiger partial charge >= 0.3 is 11.9 Å². The van der Waals surface area contributed by atoms with Crippen LogP contribution in [0.3, 0.4) is 0 Å². The minimum absolute atomic E-state index is 0.120. The van der Waals surface area contributed by atoms with Crippen molar-refractivity contribution in [1.29, 1.82) is 0 Å². The van der Waals surface area contributed by atoms with Gasteiger partial charge in [-0.15, -0.1) is 0 Å². The maximum Gasteiger partial charge on any atom is 0.320 e. The Labute approximate surface area is 123 Å². The lowest BCUT2D eigenvalue weighted by Crippen LogP contribution is -2.30. The number of aliphatic hydroxyl groups excluding tert-OH is 1. The van der Waals surface area contributed by atoms with E-state index in [1.54, 1.807) is 18.0 Å². The summed E-state index contributed by atoms with van der Waals surface area (Å²) in [5.41, 5.74) is 10.2. The van der Waals surface area contributed by atoms with Crippen molar-refractivity contribution in [2.45, 2.75) is 24.9 Å². The number of rotatable bonds is 7. The van der Waals surface area contributed by atoms with Crippen molar-refractivity contribution in [3.8, 4) is 0 Å². The van der Waals surface area contributed by atoms with Gasteiger partial charge in [-0.2, -0.15) is 24.4 Å². The molecule has 0 saturated heterocycles. The minimum Gasteiger partial charge on any atom is -0.480 e. The van der Waals surface area contributed by atoms with Crippen LogP contribution in [0, 0.1) is 0 Å². The summed E-state index contributed by atoms with van der Waals surface area (Å²) in [6, 6.07) is -1.60. The number of nitrogens with two attached hydrogens (primary N) is 2. The quantitative estimate of drug-likeness (QED) is 0.344. The van der Waals surface area contributed by atoms with Crippen molar-refractivity contribution in [1.82, 2.24) is 0 Å². The van der Waals surface area contributed by atoms with Gasteiger partial charge in [-0.1, -0.05) is 0 Å². The number of carboxylic acids is 2. The van der Waals surface area contributed by atoms with Gasteiger partial charge in [-0.25, -0.2) is 0 Å². The van der Waals surface area contributed by atoms with Gasteiger partial charge in [-0.3, -0.25) is 9.59 Å². The number of hydrogen-bond donors (Lipinski definition) is 6. The predicted molar refractivity (Wildman–Crippen MR) is 80.8 cm³/mol. The van der Waals surface area contributed by atoms with E-state index in [1.165, 1.54) is 0 Å². The number of thioether (sulfide) groups is 1. The molecule has 0 amide bonds. The first kappa shape index (κ1) is 23.6. The highest BCUT2D eigenvalue weighted by atomic mass is 32.2. The summed E-state index contributed by atoms with van der Waals surface area (Å²) >= 11 is 5.13. The molecule has 7 nitrogen and oxygen atoms in total. The van der Waals surface area contributed by atoms with E-state index in [0.29, 0.717) is 6.42 Å². The molecule has 0 bridgehead atoms. The standard InChI is InChI=1S/C5H11NO2S.C4H9NO3.CH4S/c1-9-3-2-4(6)5(7)8;5-3(1-2-6)4(7)8;1-2/h4H,2-3,6H2,1H3,(H,7,8);3,6H,1-2,5H2,(H,7,8);2H,1H3. The van der Waals surface area contributed by atoms with Crippen molar-refractivity contribution in [2.24, 2.45) is 11.5 Å². The molecule has 7 N–H and O–H groups in total. The van der Waals surface area contributed by atoms with Gasteiger partial charge < -0.3 is 26.8 Å². The molecule has 0 heterocycles. The second kappa shape index (κ2) is 17.5. The second-order valence-corrected chi connectivity index (χ2v) is 4.17. The van der Waals surface area contributed by atoms with Crippen LogP contribution < -0.4 is 11.5 Å². The molecular weight excluding hydrogens is 292 g/mol. The zero-order valence-electron chi connectivity index (χ0n) is 11.2. The summed E-state index contributed by atoms with van der Waals surface area (Å²) < 4.78 is 0. The number of thiol groups is 1. The second-order valence-electron chi connectivity index (χ2n) is 3.18. The average molecular weight is 316 g/mol. The van der Waals surface area contributed by atoms with E-state index in [4.69, 9.17) is 26.8 Å². The van der Waals surface area contributed by atoms with Crippen LogP contribution in [0.1, 0.15) is 12.8 Å². The van der Waals surface area contributed by atoms with E-state index in [-0.39, 0.29) is 13.0 Å². The lowest BCUT2D eigenvalue weighted by molar-refractivity contribution is -0.139. The van der Waals surface area contributed by atoms with E-state index >= 15 is 0 Å². The Bertz CT molecular complexity index is 232. The van der Waals surface area contributed by atoms with Crippen molar-refractivity contribution >= 4 is 36.3 Å². The van der Waals surface area contributed by atoms with Crippen molar-refractivity contribution < 1.29 is 24.9 Å². The van der Waals surface area contributed by atoms with E-state index in [9.17, 15) is 9.59 Å². The summed E-state index contributed by atoms with van der Waals surface area (Å²) in [4.78, 5) is 19.9. The number of aliphatic hydroxyl groups is 1. The van der Waals surface area contributed by atoms with E-state index in [0.717, 1.165) is 5.75 Å². The molecule has 0 aliphatic rings. The van der Waals surface area contributed by atoms with Crippen LogP contribution in [-0.4, -0.2) is 64.2 Å². The first-order valence-corrected chi connectivity index (χ1v) is 7.66. The number of aliphatic carboxylic acids is 2. The van der Waals surface area contributed by atoms with E-state index in [2.05, 4.69) is 12.6 Å². The summed E-state index contributed by atoms with van der Waals surface area (Å²) in [6.45, 7) is -0.173. The normalized spacial score (nSPS) is 12.1. The SMILES string of the molecule is CS.CSCCC(N)C(=O)O.NC(CCO)C(=O)O. The Morgan fingerprint density at radius 1 is 1.11 bits per heavy atom. The van der Waals surface area contributed by atoms with Gasteiger partial charge in [0.1, 0.15) is 12.1 Å². The van der Waals surface area contributed by atoms with Crippen LogP contribution in [0.15, 0.2) is 0 Å². The number of carbonyl (C=O) groups is 2. The fourth-order valence-electron chi connectivity index (χ4n) is 0.631. The zero-order chi connectivity index (χ0) is 15.8. The van der Waals surface area contributed by atoms with Crippen LogP contribution in [0.2, 0.25) is 0 Å².